The van der Waals surface area contributed by atoms with E-state index in [4.69, 9.17) is 9.47 Å². The van der Waals surface area contributed by atoms with E-state index >= 15 is 0 Å². The van der Waals surface area contributed by atoms with Gasteiger partial charge in [-0.25, -0.2) is 5.43 Å². The standard InChI is InChI=1S/C18H19BrN2O3/c1-12-4-5-14(8-15(12)19)11-20-21-18(22)10-13-6-7-16(23-2)17(9-13)24-3/h4-9,11H,10H2,1-3H3,(H,21,22)/b20-11+. The number of aryl methyl sites for hydroxylation is 1. The van der Waals surface area contributed by atoms with Crippen LogP contribution in [0.3, 0.4) is 0 Å². The van der Waals surface area contributed by atoms with Gasteiger partial charge >= 0.3 is 0 Å². The highest BCUT2D eigenvalue weighted by atomic mass is 79.9. The lowest BCUT2D eigenvalue weighted by molar-refractivity contribution is -0.120. The van der Waals surface area contributed by atoms with Crippen molar-refractivity contribution in [3.05, 3.63) is 57.6 Å². The van der Waals surface area contributed by atoms with Gasteiger partial charge in [0.2, 0.25) is 5.91 Å². The van der Waals surface area contributed by atoms with Crippen molar-refractivity contribution in [1.29, 1.82) is 0 Å². The molecule has 24 heavy (non-hydrogen) atoms. The summed E-state index contributed by atoms with van der Waals surface area (Å²) in [5.74, 6) is 1.02. The molecule has 0 aliphatic rings. The molecule has 0 spiro atoms. The maximum absolute atomic E-state index is 12.0. The Morgan fingerprint density at radius 2 is 1.92 bits per heavy atom. The lowest BCUT2D eigenvalue weighted by Gasteiger charge is -2.09. The molecular weight excluding hydrogens is 372 g/mol. The molecule has 0 atom stereocenters. The minimum Gasteiger partial charge on any atom is -0.493 e. The number of carbonyl (C=O) groups excluding carboxylic acids is 1. The first kappa shape index (κ1) is 18.0. The third-order valence-corrected chi connectivity index (χ3v) is 4.27. The zero-order valence-electron chi connectivity index (χ0n) is 13.8. The maximum Gasteiger partial charge on any atom is 0.244 e. The zero-order chi connectivity index (χ0) is 17.5. The van der Waals surface area contributed by atoms with Gasteiger partial charge in [0.1, 0.15) is 0 Å². The number of nitrogens with zero attached hydrogens (tertiary/aromatic N) is 1. The van der Waals surface area contributed by atoms with Gasteiger partial charge in [-0.1, -0.05) is 34.1 Å². The Hall–Kier alpha value is -2.34. The van der Waals surface area contributed by atoms with Crippen molar-refractivity contribution < 1.29 is 14.3 Å². The lowest BCUT2D eigenvalue weighted by atomic mass is 10.1. The van der Waals surface area contributed by atoms with Crippen LogP contribution in [0.15, 0.2) is 46.0 Å². The number of benzene rings is 2. The molecule has 126 valence electrons. The van der Waals surface area contributed by atoms with Crippen molar-refractivity contribution in [3.63, 3.8) is 0 Å². The van der Waals surface area contributed by atoms with E-state index in [-0.39, 0.29) is 12.3 Å². The molecule has 0 aromatic heterocycles. The van der Waals surface area contributed by atoms with Gasteiger partial charge in [0, 0.05) is 4.47 Å². The van der Waals surface area contributed by atoms with Crippen LogP contribution in [0.25, 0.3) is 0 Å². The highest BCUT2D eigenvalue weighted by Crippen LogP contribution is 2.27. The maximum atomic E-state index is 12.0. The van der Waals surface area contributed by atoms with Crippen LogP contribution < -0.4 is 14.9 Å². The molecule has 0 saturated carbocycles. The second-order valence-electron chi connectivity index (χ2n) is 5.17. The number of methoxy groups -OCH3 is 2. The van der Waals surface area contributed by atoms with Crippen molar-refractivity contribution >= 4 is 28.1 Å². The molecule has 0 heterocycles. The molecule has 0 fully saturated rings. The Morgan fingerprint density at radius 1 is 1.17 bits per heavy atom. The van der Waals surface area contributed by atoms with Crippen molar-refractivity contribution in [2.24, 2.45) is 5.10 Å². The monoisotopic (exact) mass is 390 g/mol. The number of hydrogen-bond acceptors (Lipinski definition) is 4. The molecule has 2 rings (SSSR count). The fourth-order valence-electron chi connectivity index (χ4n) is 2.08. The minimum absolute atomic E-state index is 0.204. The van der Waals surface area contributed by atoms with Crippen LogP contribution >= 0.6 is 15.9 Å². The highest BCUT2D eigenvalue weighted by molar-refractivity contribution is 9.10. The molecule has 2 aromatic carbocycles. The molecule has 0 aliphatic carbocycles. The van der Waals surface area contributed by atoms with Crippen LogP contribution in [0.1, 0.15) is 16.7 Å². The molecule has 0 bridgehead atoms. The van der Waals surface area contributed by atoms with Gasteiger partial charge in [0.15, 0.2) is 11.5 Å². The predicted molar refractivity (Wildman–Crippen MR) is 97.9 cm³/mol. The van der Waals surface area contributed by atoms with Crippen molar-refractivity contribution in [3.8, 4) is 11.5 Å². The molecule has 0 aliphatic heterocycles. The summed E-state index contributed by atoms with van der Waals surface area (Å²) in [6, 6.07) is 11.2. The van der Waals surface area contributed by atoms with Gasteiger partial charge in [-0.2, -0.15) is 5.10 Å². The van der Waals surface area contributed by atoms with E-state index < -0.39 is 0 Å². The first-order chi connectivity index (χ1) is 11.5. The van der Waals surface area contributed by atoms with Crippen molar-refractivity contribution in [2.45, 2.75) is 13.3 Å². The quantitative estimate of drug-likeness (QED) is 0.606. The Morgan fingerprint density at radius 3 is 2.58 bits per heavy atom. The van der Waals surface area contributed by atoms with Gasteiger partial charge in [-0.15, -0.1) is 0 Å². The average Bonchev–Trinajstić information content (AvgIpc) is 2.58. The number of ether oxygens (including phenoxy) is 2. The zero-order valence-corrected chi connectivity index (χ0v) is 15.4. The number of hydrazone groups is 1. The Kier molecular flexibility index (Phi) is 6.37. The van der Waals surface area contributed by atoms with Crippen molar-refractivity contribution in [1.82, 2.24) is 5.43 Å². The van der Waals surface area contributed by atoms with E-state index in [2.05, 4.69) is 26.5 Å². The van der Waals surface area contributed by atoms with E-state index in [9.17, 15) is 4.79 Å². The molecule has 1 N–H and O–H groups in total. The summed E-state index contributed by atoms with van der Waals surface area (Å²) < 4.78 is 11.4. The van der Waals surface area contributed by atoms with Crippen LogP contribution in [0.5, 0.6) is 11.5 Å². The normalized spacial score (nSPS) is 10.7. The molecule has 1 amide bonds. The molecular formula is C18H19BrN2O3. The molecule has 0 radical (unpaired) electrons. The second kappa shape index (κ2) is 8.49. The molecule has 0 saturated heterocycles. The summed E-state index contributed by atoms with van der Waals surface area (Å²) in [6.07, 6.45) is 1.81. The van der Waals surface area contributed by atoms with Gasteiger partial charge in [-0.3, -0.25) is 4.79 Å². The number of halogens is 1. The van der Waals surface area contributed by atoms with Gasteiger partial charge < -0.3 is 9.47 Å². The predicted octanol–water partition coefficient (Wildman–Crippen LogP) is 3.47. The highest BCUT2D eigenvalue weighted by Gasteiger charge is 2.07. The van der Waals surface area contributed by atoms with E-state index in [1.54, 1.807) is 32.6 Å². The van der Waals surface area contributed by atoms with Crippen LogP contribution in [-0.4, -0.2) is 26.3 Å². The second-order valence-corrected chi connectivity index (χ2v) is 6.02. The molecule has 2 aromatic rings. The van der Waals surface area contributed by atoms with Gasteiger partial charge in [0.25, 0.3) is 0 Å². The Bertz CT molecular complexity index is 760. The first-order valence-corrected chi connectivity index (χ1v) is 8.11. The summed E-state index contributed by atoms with van der Waals surface area (Å²) in [5, 5.41) is 3.98. The lowest BCUT2D eigenvalue weighted by Crippen LogP contribution is -2.19. The van der Waals surface area contributed by atoms with Crippen LogP contribution in [-0.2, 0) is 11.2 Å². The largest absolute Gasteiger partial charge is 0.493 e. The smallest absolute Gasteiger partial charge is 0.244 e. The summed E-state index contributed by atoms with van der Waals surface area (Å²) in [7, 11) is 3.13. The minimum atomic E-state index is -0.204. The number of amides is 1. The molecule has 5 nitrogen and oxygen atoms in total. The summed E-state index contributed by atoms with van der Waals surface area (Å²) in [4.78, 5) is 12.0. The average molecular weight is 391 g/mol. The third kappa shape index (κ3) is 4.83. The molecule has 6 heteroatoms. The van der Waals surface area contributed by atoms with Gasteiger partial charge in [-0.05, 0) is 41.8 Å². The SMILES string of the molecule is COc1ccc(CC(=O)N/N=C/c2ccc(C)c(Br)c2)cc1OC. The Balaban J connectivity index is 1.95. The number of carbonyl (C=O) groups is 1. The summed E-state index contributed by atoms with van der Waals surface area (Å²) in [5.41, 5.74) is 5.39. The topological polar surface area (TPSA) is 59.9 Å². The summed E-state index contributed by atoms with van der Waals surface area (Å²) >= 11 is 3.47. The van der Waals surface area contributed by atoms with E-state index in [1.165, 1.54) is 0 Å². The van der Waals surface area contributed by atoms with E-state index in [0.29, 0.717) is 11.5 Å². The van der Waals surface area contributed by atoms with Gasteiger partial charge in [0.05, 0.1) is 26.9 Å². The summed E-state index contributed by atoms with van der Waals surface area (Å²) in [6.45, 7) is 2.01. The first-order valence-electron chi connectivity index (χ1n) is 7.32. The number of nitrogens with one attached hydrogen (secondary N) is 1. The number of rotatable bonds is 6. The number of hydrogen-bond donors (Lipinski definition) is 1. The molecule has 0 unspecified atom stereocenters. The fourth-order valence-corrected chi connectivity index (χ4v) is 2.48. The van der Waals surface area contributed by atoms with Crippen molar-refractivity contribution in [2.75, 3.05) is 14.2 Å². The third-order valence-electron chi connectivity index (χ3n) is 3.41. The Labute approximate surface area is 149 Å². The van der Waals surface area contributed by atoms with Crippen LogP contribution in [0.2, 0.25) is 0 Å². The van der Waals surface area contributed by atoms with E-state index in [0.717, 1.165) is 21.2 Å². The van der Waals surface area contributed by atoms with Crippen LogP contribution in [0, 0.1) is 6.92 Å². The fraction of sp³-hybridized carbons (Fsp3) is 0.222. The van der Waals surface area contributed by atoms with E-state index in [1.807, 2.05) is 31.2 Å². The van der Waals surface area contributed by atoms with Crippen LogP contribution in [0.4, 0.5) is 0 Å².